The Kier molecular flexibility index (Phi) is 6.23. The highest BCUT2D eigenvalue weighted by Crippen LogP contribution is 2.69. The van der Waals surface area contributed by atoms with Crippen LogP contribution in [0.3, 0.4) is 0 Å². The van der Waals surface area contributed by atoms with E-state index < -0.39 is 7.36 Å². The predicted octanol–water partition coefficient (Wildman–Crippen LogP) is 7.57. The highest BCUT2D eigenvalue weighted by Gasteiger charge is 2.47. The Bertz CT molecular complexity index is 1170. The molecule has 2 aliphatic rings. The van der Waals surface area contributed by atoms with E-state index in [-0.39, 0.29) is 5.41 Å². The third-order valence-electron chi connectivity index (χ3n) is 6.46. The minimum atomic E-state index is -2.46. The molecule has 2 aromatic carbocycles. The first kappa shape index (κ1) is 23.4. The summed E-state index contributed by atoms with van der Waals surface area (Å²) in [5.41, 5.74) is 4.27. The number of anilines is 1. The fourth-order valence-electron chi connectivity index (χ4n) is 4.95. The van der Waals surface area contributed by atoms with E-state index in [0.29, 0.717) is 15.7 Å². The molecule has 0 unspecified atom stereocenters. The van der Waals surface area contributed by atoms with Gasteiger partial charge in [0, 0.05) is 49.0 Å². The van der Waals surface area contributed by atoms with E-state index >= 15 is 0 Å². The van der Waals surface area contributed by atoms with Crippen LogP contribution in [0.2, 0.25) is 10.0 Å². The quantitative estimate of drug-likeness (QED) is 0.415. The van der Waals surface area contributed by atoms with Crippen LogP contribution in [0.25, 0.3) is 0 Å². The Labute approximate surface area is 201 Å². The van der Waals surface area contributed by atoms with Crippen LogP contribution < -0.4 is 4.90 Å². The minimum Gasteiger partial charge on any atom is -0.346 e. The molecule has 0 amide bonds. The number of fused-ring (bicyclic) bond motifs is 1. The van der Waals surface area contributed by atoms with Crippen molar-refractivity contribution in [1.29, 1.82) is 0 Å². The molecule has 0 aromatic heterocycles. The normalized spacial score (nSPS) is 23.9. The summed E-state index contributed by atoms with van der Waals surface area (Å²) in [5.74, 6) is 0. The van der Waals surface area contributed by atoms with Gasteiger partial charge in [-0.25, -0.2) is 14.2 Å². The van der Waals surface area contributed by atoms with Gasteiger partial charge in [0.1, 0.15) is 0 Å². The molecular formula is C24H30Cl2N5P. The van der Waals surface area contributed by atoms with E-state index in [1.807, 2.05) is 30.2 Å². The van der Waals surface area contributed by atoms with Gasteiger partial charge < -0.3 is 4.90 Å². The summed E-state index contributed by atoms with van der Waals surface area (Å²) in [7, 11) is 1.71. The maximum atomic E-state index is 6.60. The van der Waals surface area contributed by atoms with Crippen molar-refractivity contribution in [3.63, 3.8) is 0 Å². The molecule has 0 radical (unpaired) electrons. The number of hydrazone groups is 1. The average Bonchev–Trinajstić information content (AvgIpc) is 3.17. The zero-order valence-electron chi connectivity index (χ0n) is 19.5. The van der Waals surface area contributed by atoms with Crippen molar-refractivity contribution in [1.82, 2.24) is 9.45 Å². The smallest absolute Gasteiger partial charge is 0.174 e. The number of halogens is 2. The summed E-state index contributed by atoms with van der Waals surface area (Å²) < 4.78 is 9.87. The van der Waals surface area contributed by atoms with Gasteiger partial charge in [-0.2, -0.15) is 5.10 Å². The van der Waals surface area contributed by atoms with Crippen LogP contribution in [0.5, 0.6) is 0 Å². The molecule has 170 valence electrons. The number of rotatable bonds is 4. The first-order chi connectivity index (χ1) is 15.2. The second-order valence-electron chi connectivity index (χ2n) is 8.57. The van der Waals surface area contributed by atoms with Gasteiger partial charge in [-0.15, -0.1) is 0 Å². The Balaban J connectivity index is 2.09. The Hall–Kier alpha value is -1.78. The van der Waals surface area contributed by atoms with Gasteiger partial charge in [0.05, 0.1) is 22.2 Å². The van der Waals surface area contributed by atoms with Gasteiger partial charge >= 0.3 is 0 Å². The molecule has 2 aliphatic heterocycles. The molecule has 0 saturated carbocycles. The minimum absolute atomic E-state index is 0.191. The summed E-state index contributed by atoms with van der Waals surface area (Å²) in [4.78, 5) is 2.31. The molecule has 0 bridgehead atoms. The zero-order valence-corrected chi connectivity index (χ0v) is 21.9. The van der Waals surface area contributed by atoms with Crippen LogP contribution >= 0.6 is 30.6 Å². The molecule has 0 fully saturated rings. The highest BCUT2D eigenvalue weighted by atomic mass is 35.5. The Morgan fingerprint density at radius 1 is 1.06 bits per heavy atom. The van der Waals surface area contributed by atoms with Crippen LogP contribution in [0, 0.1) is 0 Å². The molecule has 2 aromatic rings. The third kappa shape index (κ3) is 3.42. The van der Waals surface area contributed by atoms with E-state index in [9.17, 15) is 0 Å². The molecule has 5 nitrogen and oxygen atoms in total. The van der Waals surface area contributed by atoms with Crippen molar-refractivity contribution in [2.24, 2.45) is 9.85 Å². The largest absolute Gasteiger partial charge is 0.346 e. The molecule has 0 saturated heterocycles. The number of hydrogen-bond acceptors (Lipinski definition) is 3. The summed E-state index contributed by atoms with van der Waals surface area (Å²) in [6.07, 6.45) is 2.01. The molecule has 0 aliphatic carbocycles. The fraction of sp³-hybridized carbons (Fsp3) is 0.375. The summed E-state index contributed by atoms with van der Waals surface area (Å²) in [6, 6.07) is 14.1. The van der Waals surface area contributed by atoms with Crippen LogP contribution in [0.4, 0.5) is 11.4 Å². The van der Waals surface area contributed by atoms with Crippen molar-refractivity contribution in [2.75, 3.05) is 32.1 Å². The monoisotopic (exact) mass is 489 g/mol. The summed E-state index contributed by atoms with van der Waals surface area (Å²) in [5, 5.41) is 7.17. The number of para-hydroxylation sites is 1. The molecule has 32 heavy (non-hydrogen) atoms. The second-order valence-corrected chi connectivity index (χ2v) is 12.4. The maximum absolute atomic E-state index is 6.60. The van der Waals surface area contributed by atoms with E-state index in [2.05, 4.69) is 68.6 Å². The van der Waals surface area contributed by atoms with Crippen molar-refractivity contribution in [3.8, 4) is 0 Å². The summed E-state index contributed by atoms with van der Waals surface area (Å²) in [6.45, 7) is 10.6. The topological polar surface area (TPSA) is 34.4 Å². The average molecular weight is 490 g/mol. The van der Waals surface area contributed by atoms with Crippen molar-refractivity contribution < 1.29 is 0 Å². The lowest BCUT2D eigenvalue weighted by Gasteiger charge is -2.39. The van der Waals surface area contributed by atoms with Gasteiger partial charge in [0.15, 0.2) is 7.36 Å². The molecule has 2 heterocycles. The lowest BCUT2D eigenvalue weighted by Crippen LogP contribution is -2.30. The van der Waals surface area contributed by atoms with Crippen LogP contribution in [-0.2, 0) is 5.41 Å². The molecular weight excluding hydrogens is 460 g/mol. The first-order valence-electron chi connectivity index (χ1n) is 10.9. The molecule has 0 N–H and O–H groups in total. The van der Waals surface area contributed by atoms with Crippen LogP contribution in [0.15, 0.2) is 63.3 Å². The van der Waals surface area contributed by atoms with Crippen molar-refractivity contribution >= 4 is 48.1 Å². The predicted molar refractivity (Wildman–Crippen MR) is 140 cm³/mol. The zero-order chi connectivity index (χ0) is 23.3. The number of allylic oxidation sites excluding steroid dienone is 2. The van der Waals surface area contributed by atoms with Gasteiger partial charge in [0.2, 0.25) is 0 Å². The number of benzene rings is 2. The van der Waals surface area contributed by atoms with Crippen molar-refractivity contribution in [2.45, 2.75) is 33.1 Å². The van der Waals surface area contributed by atoms with E-state index in [1.165, 1.54) is 16.9 Å². The number of hydrogen-bond donors (Lipinski definition) is 0. The molecule has 1 atom stereocenters. The molecule has 0 spiro atoms. The Morgan fingerprint density at radius 2 is 1.75 bits per heavy atom. The first-order valence-corrected chi connectivity index (χ1v) is 13.3. The van der Waals surface area contributed by atoms with E-state index in [4.69, 9.17) is 33.0 Å². The van der Waals surface area contributed by atoms with Crippen LogP contribution in [0.1, 0.15) is 33.3 Å². The summed E-state index contributed by atoms with van der Waals surface area (Å²) >= 11 is 12.9. The SMILES string of the molecule is CCN(CC)[P@@]1(=Nc2cc(Cl)ccc2Cl)/C(=C2\N(C)c3ccccc3C2(C)C)C=NN1C. The molecule has 8 heteroatoms. The lowest BCUT2D eigenvalue weighted by molar-refractivity contribution is 0.452. The lowest BCUT2D eigenvalue weighted by atomic mass is 9.84. The van der Waals surface area contributed by atoms with Gasteiger partial charge in [-0.1, -0.05) is 69.1 Å². The van der Waals surface area contributed by atoms with E-state index in [0.717, 1.165) is 18.4 Å². The number of likely N-dealkylation sites (N-methyl/N-ethyl adjacent to an activating group) is 1. The van der Waals surface area contributed by atoms with E-state index in [1.54, 1.807) is 6.07 Å². The fourth-order valence-corrected chi connectivity index (χ4v) is 9.05. The van der Waals surface area contributed by atoms with Gasteiger partial charge in [-0.05, 0) is 29.8 Å². The van der Waals surface area contributed by atoms with Gasteiger partial charge in [0.25, 0.3) is 0 Å². The van der Waals surface area contributed by atoms with Crippen LogP contribution in [-0.4, -0.2) is 42.8 Å². The number of nitrogens with zero attached hydrogens (tertiary/aromatic N) is 5. The maximum Gasteiger partial charge on any atom is 0.174 e. The van der Waals surface area contributed by atoms with Crippen molar-refractivity contribution in [3.05, 3.63) is 69.1 Å². The molecule has 4 rings (SSSR count). The third-order valence-corrected chi connectivity index (χ3v) is 10.8. The Morgan fingerprint density at radius 3 is 2.41 bits per heavy atom. The standard InChI is InChI=1S/C24H30Cl2N5P/c1-7-31(8-2)32(28-20-15-17(25)13-14-19(20)26)22(16-27-30(32)6)23-24(3,4)18-11-9-10-12-21(18)29(23)5/h9-16H,7-8H2,1-6H3/b23-22-/t32-/m1/s1. The van der Waals surface area contributed by atoms with Gasteiger partial charge in [-0.3, -0.25) is 0 Å². The highest BCUT2D eigenvalue weighted by molar-refractivity contribution is 7.67. The second kappa shape index (κ2) is 8.53.